The van der Waals surface area contributed by atoms with Gasteiger partial charge in [-0.15, -0.1) is 13.2 Å². The maximum atomic E-state index is 12.2. The number of nitrogens with two attached hydrogens (primary N) is 1. The summed E-state index contributed by atoms with van der Waals surface area (Å²) < 4.78 is 44.7. The number of nitrogens with zero attached hydrogens (tertiary/aromatic N) is 2. The van der Waals surface area contributed by atoms with Crippen LogP contribution in [0.3, 0.4) is 0 Å². The summed E-state index contributed by atoms with van der Waals surface area (Å²) in [6, 6.07) is 2.22. The highest BCUT2D eigenvalue weighted by molar-refractivity contribution is 5.91. The lowest BCUT2D eigenvalue weighted by atomic mass is 10.2. The van der Waals surface area contributed by atoms with Crippen LogP contribution >= 0.6 is 0 Å². The van der Waals surface area contributed by atoms with Crippen molar-refractivity contribution in [3.63, 3.8) is 0 Å². The third-order valence-corrected chi connectivity index (χ3v) is 1.83. The number of rotatable bonds is 3. The van der Waals surface area contributed by atoms with Crippen LogP contribution in [-0.4, -0.2) is 23.9 Å². The molecular weight excluding hydrogens is 267 g/mol. The average molecular weight is 275 g/mol. The van der Waals surface area contributed by atoms with Gasteiger partial charge in [0, 0.05) is 6.07 Å². The fourth-order valence-electron chi connectivity index (χ4n) is 1.15. The number of ether oxygens (including phenoxy) is 2. The predicted molar refractivity (Wildman–Crippen MR) is 56.0 cm³/mol. The molecule has 0 radical (unpaired) electrons. The van der Waals surface area contributed by atoms with Gasteiger partial charge in [0.25, 0.3) is 0 Å². The number of hydrogen-bond acceptors (Lipinski definition) is 6. The van der Waals surface area contributed by atoms with Crippen molar-refractivity contribution in [2.24, 2.45) is 0 Å². The summed E-state index contributed by atoms with van der Waals surface area (Å²) in [7, 11) is 0. The molecule has 1 heterocycles. The maximum absolute atomic E-state index is 12.2. The molecule has 0 unspecified atom stereocenters. The first kappa shape index (κ1) is 14.6. The lowest BCUT2D eigenvalue weighted by Crippen LogP contribution is -2.21. The van der Waals surface area contributed by atoms with E-state index in [2.05, 4.69) is 14.5 Å². The number of halogens is 3. The highest BCUT2D eigenvalue weighted by Gasteiger charge is 2.34. The van der Waals surface area contributed by atoms with E-state index >= 15 is 0 Å². The van der Waals surface area contributed by atoms with Crippen LogP contribution in [0.2, 0.25) is 0 Å². The molecule has 0 aliphatic carbocycles. The van der Waals surface area contributed by atoms with Crippen LogP contribution in [0.1, 0.15) is 23.0 Å². The number of alkyl halides is 3. The van der Waals surface area contributed by atoms with Crippen LogP contribution < -0.4 is 10.5 Å². The zero-order valence-electron chi connectivity index (χ0n) is 9.61. The van der Waals surface area contributed by atoms with E-state index in [0.29, 0.717) is 6.07 Å². The van der Waals surface area contributed by atoms with Gasteiger partial charge in [0.2, 0.25) is 0 Å². The SMILES string of the molecule is CCOC(=O)c1nc(N)c(C#N)cc1OC(F)(F)F. The van der Waals surface area contributed by atoms with E-state index < -0.39 is 23.8 Å². The molecule has 1 rings (SSSR count). The average Bonchev–Trinajstić information content (AvgIpc) is 2.29. The number of hydrogen-bond donors (Lipinski definition) is 1. The van der Waals surface area contributed by atoms with E-state index in [0.717, 1.165) is 0 Å². The van der Waals surface area contributed by atoms with Crippen molar-refractivity contribution in [1.82, 2.24) is 4.98 Å². The first-order valence-corrected chi connectivity index (χ1v) is 4.92. The molecule has 102 valence electrons. The highest BCUT2D eigenvalue weighted by Crippen LogP contribution is 2.28. The van der Waals surface area contributed by atoms with Crippen LogP contribution in [-0.2, 0) is 4.74 Å². The second-order valence-electron chi connectivity index (χ2n) is 3.15. The summed E-state index contributed by atoms with van der Waals surface area (Å²) in [5, 5.41) is 8.65. The summed E-state index contributed by atoms with van der Waals surface area (Å²) in [6.07, 6.45) is -5.04. The van der Waals surface area contributed by atoms with Crippen LogP contribution in [0.25, 0.3) is 0 Å². The molecule has 0 bridgehead atoms. The van der Waals surface area contributed by atoms with Crippen molar-refractivity contribution in [3.05, 3.63) is 17.3 Å². The van der Waals surface area contributed by atoms with Gasteiger partial charge in [0.15, 0.2) is 11.4 Å². The fraction of sp³-hybridized carbons (Fsp3) is 0.300. The number of anilines is 1. The minimum absolute atomic E-state index is 0.0636. The largest absolute Gasteiger partial charge is 0.573 e. The Bertz CT molecular complexity index is 537. The molecule has 0 aromatic carbocycles. The monoisotopic (exact) mass is 275 g/mol. The molecule has 0 spiro atoms. The van der Waals surface area contributed by atoms with Crippen molar-refractivity contribution in [2.75, 3.05) is 12.3 Å². The molecule has 0 saturated heterocycles. The molecule has 0 amide bonds. The number of carbonyl (C=O) groups is 1. The Morgan fingerprint density at radius 2 is 2.21 bits per heavy atom. The number of esters is 1. The summed E-state index contributed by atoms with van der Waals surface area (Å²) in [4.78, 5) is 14.8. The lowest BCUT2D eigenvalue weighted by molar-refractivity contribution is -0.274. The zero-order chi connectivity index (χ0) is 14.6. The van der Waals surface area contributed by atoms with Gasteiger partial charge < -0.3 is 15.2 Å². The molecule has 0 saturated carbocycles. The van der Waals surface area contributed by atoms with Crippen LogP contribution in [0.4, 0.5) is 19.0 Å². The van der Waals surface area contributed by atoms with E-state index in [4.69, 9.17) is 11.0 Å². The van der Waals surface area contributed by atoms with Crippen molar-refractivity contribution in [3.8, 4) is 11.8 Å². The minimum Gasteiger partial charge on any atom is -0.461 e. The van der Waals surface area contributed by atoms with E-state index in [1.807, 2.05) is 0 Å². The van der Waals surface area contributed by atoms with Crippen LogP contribution in [0.15, 0.2) is 6.07 Å². The fourth-order valence-corrected chi connectivity index (χ4v) is 1.15. The van der Waals surface area contributed by atoms with E-state index in [9.17, 15) is 18.0 Å². The Balaban J connectivity index is 3.31. The van der Waals surface area contributed by atoms with Crippen LogP contribution in [0.5, 0.6) is 5.75 Å². The Morgan fingerprint density at radius 3 is 2.68 bits per heavy atom. The third-order valence-electron chi connectivity index (χ3n) is 1.83. The van der Waals surface area contributed by atoms with Gasteiger partial charge >= 0.3 is 12.3 Å². The quantitative estimate of drug-likeness (QED) is 0.841. The standard InChI is InChI=1S/C10H8F3N3O3/c1-2-18-9(17)7-6(19-10(11,12)13)3-5(4-14)8(15)16-7/h3H,2H2,1H3,(H2,15,16). The number of pyridine rings is 1. The molecule has 0 aliphatic rings. The van der Waals surface area contributed by atoms with Gasteiger partial charge in [-0.2, -0.15) is 5.26 Å². The smallest absolute Gasteiger partial charge is 0.461 e. The number of nitrogen functional groups attached to an aromatic ring is 1. The Labute approximate surface area is 105 Å². The van der Waals surface area contributed by atoms with E-state index in [1.54, 1.807) is 0 Å². The highest BCUT2D eigenvalue weighted by atomic mass is 19.4. The van der Waals surface area contributed by atoms with Gasteiger partial charge in [-0.05, 0) is 6.92 Å². The Morgan fingerprint density at radius 1 is 1.58 bits per heavy atom. The van der Waals surface area contributed by atoms with Gasteiger partial charge in [0.1, 0.15) is 11.9 Å². The first-order chi connectivity index (χ1) is 8.78. The van der Waals surface area contributed by atoms with E-state index in [-0.39, 0.29) is 18.0 Å². The normalized spacial score (nSPS) is 10.7. The van der Waals surface area contributed by atoms with Gasteiger partial charge in [-0.25, -0.2) is 9.78 Å². The molecule has 0 fully saturated rings. The second kappa shape index (κ2) is 5.43. The van der Waals surface area contributed by atoms with Crippen molar-refractivity contribution in [1.29, 1.82) is 5.26 Å². The summed E-state index contributed by atoms with van der Waals surface area (Å²) in [5.74, 6) is -2.45. The van der Waals surface area contributed by atoms with Gasteiger partial charge in [0.05, 0.1) is 12.2 Å². The topological polar surface area (TPSA) is 98.2 Å². The molecular formula is C10H8F3N3O3. The third kappa shape index (κ3) is 3.74. The van der Waals surface area contributed by atoms with Gasteiger partial charge in [-0.1, -0.05) is 0 Å². The summed E-state index contributed by atoms with van der Waals surface area (Å²) in [5.41, 5.74) is 4.24. The Kier molecular flexibility index (Phi) is 4.16. The number of nitriles is 1. The maximum Gasteiger partial charge on any atom is 0.573 e. The van der Waals surface area contributed by atoms with Crippen molar-refractivity contribution in [2.45, 2.75) is 13.3 Å². The minimum atomic E-state index is -5.04. The van der Waals surface area contributed by atoms with Crippen LogP contribution in [0, 0.1) is 11.3 Å². The second-order valence-corrected chi connectivity index (χ2v) is 3.15. The summed E-state index contributed by atoms with van der Waals surface area (Å²) >= 11 is 0. The summed E-state index contributed by atoms with van der Waals surface area (Å²) in [6.45, 7) is 1.40. The lowest BCUT2D eigenvalue weighted by Gasteiger charge is -2.12. The molecule has 0 atom stereocenters. The molecule has 6 nitrogen and oxygen atoms in total. The zero-order valence-corrected chi connectivity index (χ0v) is 9.61. The molecule has 2 N–H and O–H groups in total. The molecule has 1 aromatic heterocycles. The molecule has 0 aliphatic heterocycles. The predicted octanol–water partition coefficient (Wildman–Crippen LogP) is 1.61. The van der Waals surface area contributed by atoms with Gasteiger partial charge in [-0.3, -0.25) is 0 Å². The Hall–Kier alpha value is -2.50. The number of aromatic nitrogens is 1. The van der Waals surface area contributed by atoms with Crippen molar-refractivity contribution >= 4 is 11.8 Å². The molecule has 19 heavy (non-hydrogen) atoms. The van der Waals surface area contributed by atoms with Crippen molar-refractivity contribution < 1.29 is 27.4 Å². The molecule has 9 heteroatoms. The van der Waals surface area contributed by atoms with E-state index in [1.165, 1.54) is 13.0 Å². The molecule has 1 aromatic rings. The number of carbonyl (C=O) groups excluding carboxylic acids is 1. The first-order valence-electron chi connectivity index (χ1n) is 4.92.